The lowest BCUT2D eigenvalue weighted by molar-refractivity contribution is -0.130. The Balaban J connectivity index is 1.49. The molecule has 2 N–H and O–H groups in total. The summed E-state index contributed by atoms with van der Waals surface area (Å²) in [5, 5.41) is 12.7. The molecule has 33 heavy (non-hydrogen) atoms. The van der Waals surface area contributed by atoms with Gasteiger partial charge in [-0.25, -0.2) is 14.6 Å². The second-order valence-corrected chi connectivity index (χ2v) is 9.53. The van der Waals surface area contributed by atoms with Crippen LogP contribution in [0.4, 0.5) is 5.82 Å². The average molecular weight is 469 g/mol. The molecule has 0 saturated carbocycles. The number of anilines is 1. The van der Waals surface area contributed by atoms with Gasteiger partial charge >= 0.3 is 0 Å². The summed E-state index contributed by atoms with van der Waals surface area (Å²) in [4.78, 5) is 22.7. The van der Waals surface area contributed by atoms with Crippen LogP contribution >= 0.6 is 11.8 Å². The number of hydrogen-bond acceptors (Lipinski definition) is 7. The monoisotopic (exact) mass is 468 g/mol. The maximum absolute atomic E-state index is 13.4. The van der Waals surface area contributed by atoms with E-state index in [9.17, 15) is 4.79 Å². The largest absolute Gasteiger partial charge is 0.381 e. The van der Waals surface area contributed by atoms with Gasteiger partial charge in [0, 0.05) is 26.3 Å². The number of aromatic nitrogens is 4. The van der Waals surface area contributed by atoms with E-state index in [2.05, 4.69) is 39.5 Å². The second kappa shape index (κ2) is 10.5. The van der Waals surface area contributed by atoms with E-state index in [4.69, 9.17) is 4.74 Å². The van der Waals surface area contributed by atoms with Crippen molar-refractivity contribution in [1.82, 2.24) is 25.1 Å². The molecule has 0 spiro atoms. The van der Waals surface area contributed by atoms with Crippen molar-refractivity contribution in [2.45, 2.75) is 43.8 Å². The highest BCUT2D eigenvalue weighted by molar-refractivity contribution is 7.98. The minimum Gasteiger partial charge on any atom is -0.381 e. The van der Waals surface area contributed by atoms with Gasteiger partial charge in [0.05, 0.1) is 23.5 Å². The number of carbonyl (C=O) groups is 1. The summed E-state index contributed by atoms with van der Waals surface area (Å²) in [6.45, 7) is 7.33. The van der Waals surface area contributed by atoms with Crippen molar-refractivity contribution in [2.75, 3.05) is 37.9 Å². The highest BCUT2D eigenvalue weighted by Crippen LogP contribution is 2.35. The molecule has 176 valence electrons. The van der Waals surface area contributed by atoms with E-state index in [-0.39, 0.29) is 5.91 Å². The van der Waals surface area contributed by atoms with E-state index < -0.39 is 5.41 Å². The molecular weight excluding hydrogens is 436 g/mol. The van der Waals surface area contributed by atoms with Gasteiger partial charge in [-0.2, -0.15) is 5.10 Å². The molecule has 0 bridgehead atoms. The summed E-state index contributed by atoms with van der Waals surface area (Å²) in [6, 6.07) is 10.0. The van der Waals surface area contributed by atoms with Gasteiger partial charge in [-0.3, -0.25) is 4.79 Å². The third kappa shape index (κ3) is 5.14. The van der Waals surface area contributed by atoms with Crippen LogP contribution in [0.3, 0.4) is 0 Å². The molecular formula is C24H32N6O2S. The normalized spacial score (nSPS) is 15.6. The zero-order valence-electron chi connectivity index (χ0n) is 19.5. The molecule has 9 heteroatoms. The SMILES string of the molecule is CSc1nc(NCC(C)C)c2cnn(CCNC(=O)C3(c4ccccc4)CCOCC3)c2n1. The number of carbonyl (C=O) groups excluding carboxylic acids is 1. The van der Waals surface area contributed by atoms with Crippen LogP contribution in [0.1, 0.15) is 32.3 Å². The van der Waals surface area contributed by atoms with Crippen molar-refractivity contribution in [3.63, 3.8) is 0 Å². The van der Waals surface area contributed by atoms with Gasteiger partial charge in [0.1, 0.15) is 5.82 Å². The number of rotatable bonds is 9. The summed E-state index contributed by atoms with van der Waals surface area (Å²) < 4.78 is 7.40. The second-order valence-electron chi connectivity index (χ2n) is 8.76. The maximum atomic E-state index is 13.4. The molecule has 1 amide bonds. The average Bonchev–Trinajstić information content (AvgIpc) is 3.26. The number of thioether (sulfide) groups is 1. The Morgan fingerprint density at radius 1 is 1.21 bits per heavy atom. The molecule has 4 rings (SSSR count). The Kier molecular flexibility index (Phi) is 7.49. The summed E-state index contributed by atoms with van der Waals surface area (Å²) in [6.07, 6.45) is 5.13. The van der Waals surface area contributed by atoms with E-state index in [1.807, 2.05) is 41.3 Å². The number of nitrogens with one attached hydrogen (secondary N) is 2. The maximum Gasteiger partial charge on any atom is 0.230 e. The Labute approximate surface area is 198 Å². The van der Waals surface area contributed by atoms with Crippen LogP contribution in [0.2, 0.25) is 0 Å². The quantitative estimate of drug-likeness (QED) is 0.367. The topological polar surface area (TPSA) is 94.0 Å². The fraction of sp³-hybridized carbons (Fsp3) is 0.500. The Hall–Kier alpha value is -2.65. The lowest BCUT2D eigenvalue weighted by Gasteiger charge is -2.36. The Morgan fingerprint density at radius 3 is 2.67 bits per heavy atom. The van der Waals surface area contributed by atoms with E-state index in [0.717, 1.165) is 29.0 Å². The minimum atomic E-state index is -0.548. The van der Waals surface area contributed by atoms with Crippen molar-refractivity contribution in [1.29, 1.82) is 0 Å². The lowest BCUT2D eigenvalue weighted by Crippen LogP contribution is -2.48. The first kappa shape index (κ1) is 23.5. The first-order valence-electron chi connectivity index (χ1n) is 11.5. The van der Waals surface area contributed by atoms with Crippen molar-refractivity contribution in [2.24, 2.45) is 5.92 Å². The van der Waals surface area contributed by atoms with Crippen molar-refractivity contribution in [3.8, 4) is 0 Å². The number of fused-ring (bicyclic) bond motifs is 1. The van der Waals surface area contributed by atoms with E-state index in [1.54, 1.807) is 6.20 Å². The fourth-order valence-corrected chi connectivity index (χ4v) is 4.55. The van der Waals surface area contributed by atoms with Gasteiger partial charge in [0.2, 0.25) is 5.91 Å². The van der Waals surface area contributed by atoms with Crippen LogP contribution in [-0.4, -0.2) is 58.2 Å². The van der Waals surface area contributed by atoms with Crippen molar-refractivity contribution >= 4 is 34.5 Å². The first-order valence-corrected chi connectivity index (χ1v) is 12.7. The number of ether oxygens (including phenoxy) is 1. The molecule has 3 heterocycles. The Bertz CT molecular complexity index is 1080. The van der Waals surface area contributed by atoms with Crippen molar-refractivity contribution in [3.05, 3.63) is 42.1 Å². The smallest absolute Gasteiger partial charge is 0.230 e. The van der Waals surface area contributed by atoms with E-state index in [0.29, 0.717) is 50.2 Å². The molecule has 0 aliphatic carbocycles. The van der Waals surface area contributed by atoms with Gasteiger partial charge in [-0.15, -0.1) is 0 Å². The minimum absolute atomic E-state index is 0.0483. The standard InChI is InChI=1S/C24H32N6O2S/c1-17(2)15-26-20-19-16-27-30(21(19)29-23(28-20)33-3)12-11-25-22(31)24(9-13-32-14-10-24)18-7-5-4-6-8-18/h4-8,16-17H,9-15H2,1-3H3,(H,25,31)(H,26,28,29). The van der Waals surface area contributed by atoms with Crippen LogP contribution < -0.4 is 10.6 Å². The summed E-state index contributed by atoms with van der Waals surface area (Å²) in [5.74, 6) is 1.35. The number of benzene rings is 1. The zero-order valence-corrected chi connectivity index (χ0v) is 20.3. The van der Waals surface area contributed by atoms with Gasteiger partial charge in [-0.1, -0.05) is 55.9 Å². The molecule has 0 unspecified atom stereocenters. The molecule has 8 nitrogen and oxygen atoms in total. The molecule has 3 aromatic rings. The lowest BCUT2D eigenvalue weighted by atomic mass is 9.73. The van der Waals surface area contributed by atoms with E-state index in [1.165, 1.54) is 11.8 Å². The van der Waals surface area contributed by atoms with Crippen LogP contribution in [0, 0.1) is 5.92 Å². The van der Waals surface area contributed by atoms with Crippen LogP contribution in [0.25, 0.3) is 11.0 Å². The highest BCUT2D eigenvalue weighted by atomic mass is 32.2. The molecule has 1 aromatic carbocycles. The summed E-state index contributed by atoms with van der Waals surface area (Å²) in [7, 11) is 0. The van der Waals surface area contributed by atoms with Crippen molar-refractivity contribution < 1.29 is 9.53 Å². The molecule has 1 fully saturated rings. The number of nitrogens with zero attached hydrogens (tertiary/aromatic N) is 4. The van der Waals surface area contributed by atoms with Crippen LogP contribution in [0.5, 0.6) is 0 Å². The number of amides is 1. The van der Waals surface area contributed by atoms with E-state index >= 15 is 0 Å². The molecule has 0 atom stereocenters. The molecule has 2 aromatic heterocycles. The molecule has 0 radical (unpaired) electrons. The van der Waals surface area contributed by atoms with Gasteiger partial charge in [0.25, 0.3) is 0 Å². The Morgan fingerprint density at radius 2 is 1.97 bits per heavy atom. The molecule has 1 saturated heterocycles. The van der Waals surface area contributed by atoms with Crippen LogP contribution in [-0.2, 0) is 21.5 Å². The molecule has 1 aliphatic heterocycles. The third-order valence-electron chi connectivity index (χ3n) is 6.05. The zero-order chi connectivity index (χ0) is 23.3. The third-order valence-corrected chi connectivity index (χ3v) is 6.60. The highest BCUT2D eigenvalue weighted by Gasteiger charge is 2.41. The summed E-state index contributed by atoms with van der Waals surface area (Å²) in [5.41, 5.74) is 1.28. The fourth-order valence-electron chi connectivity index (χ4n) is 4.19. The first-order chi connectivity index (χ1) is 16.0. The number of hydrogen-bond donors (Lipinski definition) is 2. The summed E-state index contributed by atoms with van der Waals surface area (Å²) >= 11 is 1.50. The van der Waals surface area contributed by atoms with Gasteiger partial charge < -0.3 is 15.4 Å². The predicted octanol–water partition coefficient (Wildman–Crippen LogP) is 3.48. The molecule has 1 aliphatic rings. The predicted molar refractivity (Wildman–Crippen MR) is 132 cm³/mol. The van der Waals surface area contributed by atoms with Gasteiger partial charge in [-0.05, 0) is 30.6 Å². The van der Waals surface area contributed by atoms with Gasteiger partial charge in [0.15, 0.2) is 10.8 Å². The van der Waals surface area contributed by atoms with Crippen LogP contribution in [0.15, 0.2) is 41.7 Å².